The zero-order valence-corrected chi connectivity index (χ0v) is 19.0. The van der Waals surface area contributed by atoms with Crippen molar-refractivity contribution in [3.05, 3.63) is 23.5 Å². The summed E-state index contributed by atoms with van der Waals surface area (Å²) in [6.07, 6.45) is -3.63. The van der Waals surface area contributed by atoms with Crippen LogP contribution in [0.4, 0.5) is 23.2 Å². The van der Waals surface area contributed by atoms with Crippen molar-refractivity contribution in [2.45, 2.75) is 76.4 Å². The van der Waals surface area contributed by atoms with E-state index in [4.69, 9.17) is 4.74 Å². The predicted octanol–water partition coefficient (Wildman–Crippen LogP) is 4.85. The van der Waals surface area contributed by atoms with E-state index in [2.05, 4.69) is 0 Å². The Balaban J connectivity index is 2.09. The molecule has 0 spiro atoms. The van der Waals surface area contributed by atoms with Gasteiger partial charge in [0.25, 0.3) is 0 Å². The van der Waals surface area contributed by atoms with E-state index in [0.29, 0.717) is 37.2 Å². The van der Waals surface area contributed by atoms with Crippen LogP contribution in [0.25, 0.3) is 0 Å². The molecule has 0 bridgehead atoms. The van der Waals surface area contributed by atoms with Gasteiger partial charge in [0.1, 0.15) is 22.5 Å². The first kappa shape index (κ1) is 24.1. The Hall–Kier alpha value is -1.55. The monoisotopic (exact) mass is 466 g/mol. The highest BCUT2D eigenvalue weighted by Crippen LogP contribution is 2.40. The van der Waals surface area contributed by atoms with Crippen molar-refractivity contribution in [3.63, 3.8) is 0 Å². The number of hydrogen-bond acceptors (Lipinski definition) is 5. The first-order valence-corrected chi connectivity index (χ1v) is 12.4. The molecular formula is C21H30F4N2O3S. The number of halogens is 4. The second kappa shape index (κ2) is 8.77. The number of sulfone groups is 1. The van der Waals surface area contributed by atoms with Gasteiger partial charge in [0.2, 0.25) is 0 Å². The molecule has 1 unspecified atom stereocenters. The molecular weight excluding hydrogens is 436 g/mol. The summed E-state index contributed by atoms with van der Waals surface area (Å²) >= 11 is 0. The Morgan fingerprint density at radius 2 is 1.87 bits per heavy atom. The van der Waals surface area contributed by atoms with Crippen LogP contribution in [0.1, 0.15) is 58.4 Å². The van der Waals surface area contributed by atoms with Gasteiger partial charge in [-0.1, -0.05) is 6.92 Å². The molecule has 2 aliphatic heterocycles. The van der Waals surface area contributed by atoms with E-state index in [1.165, 1.54) is 24.1 Å². The molecule has 1 aromatic carbocycles. The molecule has 0 aliphatic carbocycles. The number of anilines is 1. The number of benzene rings is 1. The summed E-state index contributed by atoms with van der Waals surface area (Å²) in [6.45, 7) is 6.11. The van der Waals surface area contributed by atoms with Gasteiger partial charge in [-0.2, -0.15) is 13.2 Å². The molecule has 1 saturated heterocycles. The van der Waals surface area contributed by atoms with Crippen LogP contribution in [-0.2, 0) is 16.3 Å². The number of fused-ring (bicyclic) bond motifs is 1. The molecule has 31 heavy (non-hydrogen) atoms. The zero-order chi connectivity index (χ0) is 23.0. The molecule has 0 aromatic heterocycles. The molecule has 0 amide bonds. The van der Waals surface area contributed by atoms with Crippen LogP contribution in [0.3, 0.4) is 0 Å². The van der Waals surface area contributed by atoms with Gasteiger partial charge >= 0.3 is 6.18 Å². The summed E-state index contributed by atoms with van der Waals surface area (Å²) in [7, 11) is -3.95. The molecule has 10 heteroatoms. The Kier molecular flexibility index (Phi) is 6.82. The Bertz CT molecular complexity index is 897. The maximum absolute atomic E-state index is 15.3. The molecule has 1 fully saturated rings. The third kappa shape index (κ3) is 5.63. The van der Waals surface area contributed by atoms with Crippen molar-refractivity contribution in [3.8, 4) is 5.75 Å². The minimum atomic E-state index is -4.51. The van der Waals surface area contributed by atoms with Crippen molar-refractivity contribution in [1.29, 1.82) is 0 Å². The minimum absolute atomic E-state index is 0.0532. The lowest BCUT2D eigenvalue weighted by Gasteiger charge is -2.41. The fourth-order valence-electron chi connectivity index (χ4n) is 4.17. The SMILES string of the molecule is CCS(=O)(=O)C(CCC(F)(F)F)N(c1cc2c(cc1F)CCC(C)(C)O2)N1CCCC1. The summed E-state index contributed by atoms with van der Waals surface area (Å²) in [6, 6.07) is 2.78. The third-order valence-electron chi connectivity index (χ3n) is 5.91. The summed E-state index contributed by atoms with van der Waals surface area (Å²) < 4.78 is 86.1. The second-order valence-corrected chi connectivity index (χ2v) is 11.3. The summed E-state index contributed by atoms with van der Waals surface area (Å²) in [4.78, 5) is 0. The van der Waals surface area contributed by atoms with Gasteiger partial charge in [-0.25, -0.2) is 17.8 Å². The molecule has 5 nitrogen and oxygen atoms in total. The maximum atomic E-state index is 15.3. The van der Waals surface area contributed by atoms with Crippen molar-refractivity contribution >= 4 is 15.5 Å². The molecule has 0 radical (unpaired) electrons. The van der Waals surface area contributed by atoms with Gasteiger partial charge in [0.15, 0.2) is 9.84 Å². The lowest BCUT2D eigenvalue weighted by atomic mass is 9.94. The highest BCUT2D eigenvalue weighted by molar-refractivity contribution is 7.92. The normalized spacial score (nSPS) is 20.2. The van der Waals surface area contributed by atoms with Gasteiger partial charge < -0.3 is 4.74 Å². The smallest absolute Gasteiger partial charge is 0.389 e. The highest BCUT2D eigenvalue weighted by atomic mass is 32.2. The van der Waals surface area contributed by atoms with Crippen LogP contribution in [0.5, 0.6) is 5.75 Å². The van der Waals surface area contributed by atoms with Crippen LogP contribution < -0.4 is 9.75 Å². The fourth-order valence-corrected chi connectivity index (χ4v) is 5.59. The Labute approximate surface area is 181 Å². The first-order valence-electron chi connectivity index (χ1n) is 10.7. The van der Waals surface area contributed by atoms with E-state index in [-0.39, 0.29) is 11.4 Å². The highest BCUT2D eigenvalue weighted by Gasteiger charge is 2.40. The molecule has 3 rings (SSSR count). The summed E-state index contributed by atoms with van der Waals surface area (Å²) in [5, 5.41) is 1.40. The standard InChI is InChI=1S/C21H30F4N2O3S/c1-4-31(28,29)19(8-10-21(23,24)25)27(26-11-5-6-12-26)17-14-18-15(13-16(17)22)7-9-20(2,3)30-18/h13-14,19H,4-12H2,1-3H3. The second-order valence-electron chi connectivity index (χ2n) is 8.84. The number of hydrazine groups is 1. The largest absolute Gasteiger partial charge is 0.487 e. The minimum Gasteiger partial charge on any atom is -0.487 e. The van der Waals surface area contributed by atoms with Gasteiger partial charge in [-0.05, 0) is 57.6 Å². The van der Waals surface area contributed by atoms with Crippen molar-refractivity contribution in [2.75, 3.05) is 23.9 Å². The lowest BCUT2D eigenvalue weighted by molar-refractivity contribution is -0.135. The molecule has 0 saturated carbocycles. The average Bonchev–Trinajstić information content (AvgIpc) is 3.18. The van der Waals surface area contributed by atoms with E-state index in [9.17, 15) is 21.6 Å². The molecule has 176 valence electrons. The number of alkyl halides is 3. The van der Waals surface area contributed by atoms with E-state index in [1.807, 2.05) is 13.8 Å². The summed E-state index contributed by atoms with van der Waals surface area (Å²) in [5.41, 5.74) is 0.154. The van der Waals surface area contributed by atoms with Gasteiger partial charge in [-0.3, -0.25) is 5.01 Å². The van der Waals surface area contributed by atoms with E-state index in [0.717, 1.165) is 12.8 Å². The average molecular weight is 467 g/mol. The topological polar surface area (TPSA) is 49.9 Å². The summed E-state index contributed by atoms with van der Waals surface area (Å²) in [5.74, 6) is -0.548. The van der Waals surface area contributed by atoms with Crippen LogP contribution in [0.15, 0.2) is 12.1 Å². The third-order valence-corrected chi connectivity index (χ3v) is 7.98. The maximum Gasteiger partial charge on any atom is 0.389 e. The number of nitrogens with zero attached hydrogens (tertiary/aromatic N) is 2. The van der Waals surface area contributed by atoms with Gasteiger partial charge in [0.05, 0.1) is 5.69 Å². The van der Waals surface area contributed by atoms with Crippen LogP contribution in [-0.4, -0.2) is 49.4 Å². The lowest BCUT2D eigenvalue weighted by Crippen LogP contribution is -2.52. The molecule has 0 N–H and O–H groups in total. The van der Waals surface area contributed by atoms with Crippen molar-refractivity contribution in [1.82, 2.24) is 5.01 Å². The van der Waals surface area contributed by atoms with Gasteiger partial charge in [0, 0.05) is 31.3 Å². The van der Waals surface area contributed by atoms with E-state index in [1.54, 1.807) is 5.01 Å². The zero-order valence-electron chi connectivity index (χ0n) is 18.1. The number of aryl methyl sites for hydroxylation is 1. The van der Waals surface area contributed by atoms with E-state index < -0.39 is 45.6 Å². The predicted molar refractivity (Wildman–Crippen MR) is 111 cm³/mol. The number of hydrogen-bond donors (Lipinski definition) is 0. The molecule has 1 aromatic rings. The Morgan fingerprint density at radius 3 is 2.45 bits per heavy atom. The fraction of sp³-hybridized carbons (Fsp3) is 0.714. The van der Waals surface area contributed by atoms with Gasteiger partial charge in [-0.15, -0.1) is 0 Å². The molecule has 1 atom stereocenters. The molecule has 2 aliphatic rings. The van der Waals surface area contributed by atoms with Crippen molar-refractivity contribution < 1.29 is 30.7 Å². The first-order chi connectivity index (χ1) is 14.3. The van der Waals surface area contributed by atoms with E-state index >= 15 is 4.39 Å². The van der Waals surface area contributed by atoms with Crippen LogP contribution in [0, 0.1) is 5.82 Å². The number of ether oxygens (including phenoxy) is 1. The van der Waals surface area contributed by atoms with Crippen LogP contribution in [0.2, 0.25) is 0 Å². The quantitative estimate of drug-likeness (QED) is 0.538. The van der Waals surface area contributed by atoms with Crippen LogP contribution >= 0.6 is 0 Å². The number of rotatable bonds is 7. The van der Waals surface area contributed by atoms with Crippen molar-refractivity contribution in [2.24, 2.45) is 0 Å². The Morgan fingerprint density at radius 1 is 1.23 bits per heavy atom. The molecule has 2 heterocycles.